The fraction of sp³-hybridized carbons (Fsp3) is 0.0909. The van der Waals surface area contributed by atoms with Crippen LogP contribution in [0.2, 0.25) is 0 Å². The van der Waals surface area contributed by atoms with Crippen LogP contribution in [0.3, 0.4) is 0 Å². The lowest BCUT2D eigenvalue weighted by molar-refractivity contribution is 0.660. The van der Waals surface area contributed by atoms with Gasteiger partial charge in [0.25, 0.3) is 0 Å². The second-order valence-corrected chi connectivity index (χ2v) is 22.8. The maximum Gasteiger partial charge on any atom is 0.0735 e. The molecule has 11 aromatic carbocycles. The number of nitrogens with zero attached hydrogens (tertiary/aromatic N) is 2. The van der Waals surface area contributed by atoms with Crippen molar-refractivity contribution in [3.8, 4) is 72.7 Å². The molecule has 0 amide bonds. The number of rotatable bonds is 9. The molecule has 0 fully saturated rings. The number of benzene rings is 11. The number of hydrogen-bond acceptors (Lipinski definition) is 1. The van der Waals surface area contributed by atoms with E-state index in [2.05, 4.69) is 316 Å². The molecule has 79 heavy (non-hydrogen) atoms. The molecule has 1 heterocycles. The van der Waals surface area contributed by atoms with Gasteiger partial charge in [0.15, 0.2) is 0 Å². The minimum absolute atomic E-state index is 0.184. The normalized spacial score (nSPS) is 14.4. The average molecular weight is 1010 g/mol. The zero-order valence-electron chi connectivity index (χ0n) is 45.0. The molecule has 0 bridgehead atoms. The Morgan fingerprint density at radius 3 is 1.27 bits per heavy atom. The van der Waals surface area contributed by atoms with Crippen LogP contribution < -0.4 is 4.90 Å². The standard InChI is InChI=1S/C77H58N2/c1-75(2)66-37-20-17-34-61(66)63-46-44-59(49-69(63)75)78(60-45-47-64-62-35-18-21-38-67(62)76(3,4)70(64)50-60)58-33-23-26-54(48-58)74-72-71(65-36-19-22-39-68(65)77(72,55-27-11-6-12-28-55)56-29-13-7-14-30-56)73(79(74)57-31-15-8-16-32-57)53-42-40-52(41-43-53)51-24-9-5-10-25-51/h5-50H,1-4H3. The molecule has 376 valence electrons. The minimum Gasteiger partial charge on any atom is -0.310 e. The SMILES string of the molecule is CC1(C)c2ccccc2-c2ccc(N(c3cccc(-c4c5c(c(-c6ccc(-c7ccccc7)cc6)n4-c4ccccc4)-c4ccccc4C5(c4ccccc4)c4ccccc4)c3)c3ccc4c(c3)C(C)(C)c3ccccc3-4)cc21. The van der Waals surface area contributed by atoms with Gasteiger partial charge in [-0.1, -0.05) is 258 Å². The van der Waals surface area contributed by atoms with E-state index in [1.807, 2.05) is 0 Å². The van der Waals surface area contributed by atoms with Crippen LogP contribution in [0.5, 0.6) is 0 Å². The molecule has 15 rings (SSSR count). The third-order valence-corrected chi connectivity index (χ3v) is 17.9. The number of anilines is 3. The van der Waals surface area contributed by atoms with Crippen LogP contribution in [0.15, 0.2) is 279 Å². The highest BCUT2D eigenvalue weighted by atomic mass is 15.1. The molecule has 0 spiro atoms. The lowest BCUT2D eigenvalue weighted by Gasteiger charge is -2.35. The molecule has 0 unspecified atom stereocenters. The van der Waals surface area contributed by atoms with E-state index in [1.165, 1.54) is 94.7 Å². The molecular formula is C77H58N2. The first-order valence-electron chi connectivity index (χ1n) is 27.8. The van der Waals surface area contributed by atoms with Gasteiger partial charge in [0.05, 0.1) is 16.8 Å². The number of aromatic nitrogens is 1. The van der Waals surface area contributed by atoms with Crippen LogP contribution in [-0.4, -0.2) is 4.57 Å². The summed E-state index contributed by atoms with van der Waals surface area (Å²) in [5, 5.41) is 0. The lowest BCUT2D eigenvalue weighted by Crippen LogP contribution is -2.29. The fourth-order valence-electron chi connectivity index (χ4n) is 14.2. The third kappa shape index (κ3) is 6.90. The van der Waals surface area contributed by atoms with Gasteiger partial charge in [-0.15, -0.1) is 0 Å². The van der Waals surface area contributed by atoms with Crippen LogP contribution in [0, 0.1) is 0 Å². The predicted octanol–water partition coefficient (Wildman–Crippen LogP) is 19.9. The largest absolute Gasteiger partial charge is 0.310 e. The minimum atomic E-state index is -0.695. The van der Waals surface area contributed by atoms with Crippen molar-refractivity contribution in [2.45, 2.75) is 43.9 Å². The van der Waals surface area contributed by atoms with Crippen molar-refractivity contribution in [3.05, 3.63) is 324 Å². The molecule has 0 aliphatic heterocycles. The molecule has 0 N–H and O–H groups in total. The van der Waals surface area contributed by atoms with E-state index in [9.17, 15) is 0 Å². The van der Waals surface area contributed by atoms with Crippen LogP contribution in [0.1, 0.15) is 72.2 Å². The maximum absolute atomic E-state index is 2.59. The fourth-order valence-corrected chi connectivity index (χ4v) is 14.2. The first kappa shape index (κ1) is 46.8. The van der Waals surface area contributed by atoms with Crippen molar-refractivity contribution < 1.29 is 0 Å². The van der Waals surface area contributed by atoms with Gasteiger partial charge in [-0.05, 0) is 132 Å². The van der Waals surface area contributed by atoms with Crippen molar-refractivity contribution in [2.24, 2.45) is 0 Å². The van der Waals surface area contributed by atoms with Crippen molar-refractivity contribution in [1.29, 1.82) is 0 Å². The van der Waals surface area contributed by atoms with Gasteiger partial charge in [-0.3, -0.25) is 0 Å². The molecule has 3 aliphatic rings. The van der Waals surface area contributed by atoms with E-state index < -0.39 is 5.41 Å². The van der Waals surface area contributed by atoms with Gasteiger partial charge in [-0.2, -0.15) is 0 Å². The maximum atomic E-state index is 2.59. The van der Waals surface area contributed by atoms with Gasteiger partial charge in [-0.25, -0.2) is 0 Å². The summed E-state index contributed by atoms with van der Waals surface area (Å²) in [5.41, 5.74) is 28.5. The highest BCUT2D eigenvalue weighted by Crippen LogP contribution is 2.63. The number of para-hydroxylation sites is 1. The van der Waals surface area contributed by atoms with Gasteiger partial charge in [0, 0.05) is 50.3 Å². The molecule has 2 heteroatoms. The van der Waals surface area contributed by atoms with Gasteiger partial charge >= 0.3 is 0 Å². The predicted molar refractivity (Wildman–Crippen MR) is 329 cm³/mol. The molecule has 3 aliphatic carbocycles. The van der Waals surface area contributed by atoms with Crippen molar-refractivity contribution >= 4 is 17.1 Å². The van der Waals surface area contributed by atoms with Crippen LogP contribution in [0.25, 0.3) is 72.7 Å². The average Bonchev–Trinajstić information content (AvgIpc) is 4.29. The second-order valence-electron chi connectivity index (χ2n) is 22.8. The molecule has 0 saturated carbocycles. The van der Waals surface area contributed by atoms with Crippen molar-refractivity contribution in [3.63, 3.8) is 0 Å². The summed E-state index contributed by atoms with van der Waals surface area (Å²) in [7, 11) is 0. The van der Waals surface area contributed by atoms with Gasteiger partial charge < -0.3 is 9.47 Å². The Morgan fingerprint density at radius 1 is 0.291 bits per heavy atom. The summed E-state index contributed by atoms with van der Waals surface area (Å²) < 4.78 is 2.59. The molecule has 0 saturated heterocycles. The van der Waals surface area contributed by atoms with E-state index in [4.69, 9.17) is 0 Å². The van der Waals surface area contributed by atoms with Crippen LogP contribution >= 0.6 is 0 Å². The van der Waals surface area contributed by atoms with Gasteiger partial charge in [0.1, 0.15) is 0 Å². The topological polar surface area (TPSA) is 8.17 Å². The van der Waals surface area contributed by atoms with E-state index >= 15 is 0 Å². The molecule has 12 aromatic rings. The summed E-state index contributed by atoms with van der Waals surface area (Å²) >= 11 is 0. The molecular weight excluding hydrogens is 953 g/mol. The van der Waals surface area contributed by atoms with Crippen molar-refractivity contribution in [2.75, 3.05) is 4.90 Å². The third-order valence-electron chi connectivity index (χ3n) is 17.9. The summed E-state index contributed by atoms with van der Waals surface area (Å²) in [6.45, 7) is 9.54. The van der Waals surface area contributed by atoms with E-state index in [1.54, 1.807) is 0 Å². The van der Waals surface area contributed by atoms with Gasteiger partial charge in [0.2, 0.25) is 0 Å². The summed E-state index contributed by atoms with van der Waals surface area (Å²) in [6, 6.07) is 105. The highest BCUT2D eigenvalue weighted by molar-refractivity contribution is 6.02. The zero-order valence-corrected chi connectivity index (χ0v) is 45.0. The Bertz CT molecular complexity index is 4190. The Balaban J connectivity index is 1.04. The smallest absolute Gasteiger partial charge is 0.0735 e. The molecule has 2 nitrogen and oxygen atoms in total. The molecule has 0 radical (unpaired) electrons. The summed E-state index contributed by atoms with van der Waals surface area (Å²) in [4.78, 5) is 2.53. The first-order valence-corrected chi connectivity index (χ1v) is 27.8. The van der Waals surface area contributed by atoms with Crippen molar-refractivity contribution in [1.82, 2.24) is 4.57 Å². The lowest BCUT2D eigenvalue weighted by atomic mass is 9.67. The van der Waals surface area contributed by atoms with E-state index in [-0.39, 0.29) is 10.8 Å². The van der Waals surface area contributed by atoms with E-state index in [0.717, 1.165) is 39.6 Å². The van der Waals surface area contributed by atoms with Crippen LogP contribution in [-0.2, 0) is 16.2 Å². The molecule has 1 aromatic heterocycles. The monoisotopic (exact) mass is 1010 g/mol. The Kier molecular flexibility index (Phi) is 10.5. The van der Waals surface area contributed by atoms with E-state index in [0.29, 0.717) is 0 Å². The Hall–Kier alpha value is -9.50. The summed E-state index contributed by atoms with van der Waals surface area (Å²) in [5.74, 6) is 0. The summed E-state index contributed by atoms with van der Waals surface area (Å²) in [6.07, 6.45) is 0. The number of hydrogen-bond donors (Lipinski definition) is 0. The first-order chi connectivity index (χ1) is 38.7. The molecule has 0 atom stereocenters. The number of fused-ring (bicyclic) bond motifs is 9. The Morgan fingerprint density at radius 2 is 0.709 bits per heavy atom. The zero-order chi connectivity index (χ0) is 53.0. The Labute approximate surface area is 464 Å². The quantitative estimate of drug-likeness (QED) is 0.140. The van der Waals surface area contributed by atoms with Crippen LogP contribution in [0.4, 0.5) is 17.1 Å². The highest BCUT2D eigenvalue weighted by Gasteiger charge is 2.51. The second kappa shape index (κ2) is 17.8.